The minimum Gasteiger partial charge on any atom is -0.386 e. The van der Waals surface area contributed by atoms with Crippen LogP contribution in [0.2, 0.25) is 0 Å². The Bertz CT molecular complexity index is 640. The first kappa shape index (κ1) is 14.5. The SMILES string of the molecule is CNc1cccnc1S(=O)(=O)NCCCn1ccnc1. The molecule has 2 aromatic heterocycles. The van der Waals surface area contributed by atoms with Gasteiger partial charge in [-0.25, -0.2) is 23.1 Å². The molecule has 20 heavy (non-hydrogen) atoms. The van der Waals surface area contributed by atoms with Gasteiger partial charge in [-0.05, 0) is 18.6 Å². The molecule has 0 atom stereocenters. The van der Waals surface area contributed by atoms with E-state index in [1.54, 1.807) is 31.7 Å². The van der Waals surface area contributed by atoms with Crippen LogP contribution in [0.3, 0.4) is 0 Å². The minimum absolute atomic E-state index is 0.0186. The maximum absolute atomic E-state index is 12.1. The van der Waals surface area contributed by atoms with Gasteiger partial charge in [-0.3, -0.25) is 0 Å². The number of anilines is 1. The van der Waals surface area contributed by atoms with Crippen molar-refractivity contribution in [2.45, 2.75) is 18.0 Å². The molecule has 0 radical (unpaired) electrons. The molecule has 0 aliphatic carbocycles. The third-order valence-electron chi connectivity index (χ3n) is 2.74. The molecule has 0 unspecified atom stereocenters. The molecule has 0 amide bonds. The smallest absolute Gasteiger partial charge is 0.260 e. The van der Waals surface area contributed by atoms with Crippen molar-refractivity contribution < 1.29 is 8.42 Å². The predicted octanol–water partition coefficient (Wildman–Crippen LogP) is 0.688. The van der Waals surface area contributed by atoms with Gasteiger partial charge in [0.15, 0.2) is 5.03 Å². The van der Waals surface area contributed by atoms with Crippen LogP contribution in [0.25, 0.3) is 0 Å². The number of hydrogen-bond donors (Lipinski definition) is 2. The summed E-state index contributed by atoms with van der Waals surface area (Å²) in [6.45, 7) is 1.06. The van der Waals surface area contributed by atoms with E-state index in [-0.39, 0.29) is 5.03 Å². The van der Waals surface area contributed by atoms with E-state index in [0.717, 1.165) is 0 Å². The molecule has 0 bridgehead atoms. The van der Waals surface area contributed by atoms with Crippen molar-refractivity contribution in [1.29, 1.82) is 0 Å². The summed E-state index contributed by atoms with van der Waals surface area (Å²) in [5, 5.41) is 2.84. The molecular weight excluding hydrogens is 278 g/mol. The van der Waals surface area contributed by atoms with E-state index in [4.69, 9.17) is 0 Å². The van der Waals surface area contributed by atoms with E-state index in [2.05, 4.69) is 20.0 Å². The Hall–Kier alpha value is -1.93. The van der Waals surface area contributed by atoms with Crippen LogP contribution >= 0.6 is 0 Å². The van der Waals surface area contributed by atoms with E-state index in [0.29, 0.717) is 25.2 Å². The third-order valence-corrected chi connectivity index (χ3v) is 4.16. The molecule has 0 saturated carbocycles. The second-order valence-electron chi connectivity index (χ2n) is 4.16. The van der Waals surface area contributed by atoms with Crippen molar-refractivity contribution in [2.24, 2.45) is 0 Å². The van der Waals surface area contributed by atoms with Gasteiger partial charge in [0.25, 0.3) is 10.0 Å². The van der Waals surface area contributed by atoms with Crippen LogP contribution < -0.4 is 10.0 Å². The standard InChI is InChI=1S/C12H17N5O2S/c1-13-11-4-2-5-15-12(11)20(18,19)16-6-3-8-17-9-7-14-10-17/h2,4-5,7,9-10,13,16H,3,6,8H2,1H3. The molecule has 0 spiro atoms. The van der Waals surface area contributed by atoms with Gasteiger partial charge < -0.3 is 9.88 Å². The normalized spacial score (nSPS) is 11.4. The van der Waals surface area contributed by atoms with Crippen molar-refractivity contribution in [1.82, 2.24) is 19.3 Å². The number of aromatic nitrogens is 3. The molecule has 7 nitrogen and oxygen atoms in total. The summed E-state index contributed by atoms with van der Waals surface area (Å²) in [6, 6.07) is 3.36. The maximum Gasteiger partial charge on any atom is 0.260 e. The highest BCUT2D eigenvalue weighted by Crippen LogP contribution is 2.16. The number of nitrogens with zero attached hydrogens (tertiary/aromatic N) is 3. The number of hydrogen-bond acceptors (Lipinski definition) is 5. The zero-order chi connectivity index (χ0) is 14.4. The van der Waals surface area contributed by atoms with Crippen molar-refractivity contribution >= 4 is 15.7 Å². The summed E-state index contributed by atoms with van der Waals surface area (Å²) in [6.07, 6.45) is 7.37. The molecule has 0 saturated heterocycles. The average Bonchev–Trinajstić information content (AvgIpc) is 2.97. The van der Waals surface area contributed by atoms with E-state index < -0.39 is 10.0 Å². The van der Waals surface area contributed by atoms with Crippen LogP contribution in [0.1, 0.15) is 6.42 Å². The molecule has 2 N–H and O–H groups in total. The lowest BCUT2D eigenvalue weighted by Gasteiger charge is -2.10. The fourth-order valence-corrected chi connectivity index (χ4v) is 2.96. The fourth-order valence-electron chi connectivity index (χ4n) is 1.75. The summed E-state index contributed by atoms with van der Waals surface area (Å²) in [5.74, 6) is 0. The highest BCUT2D eigenvalue weighted by Gasteiger charge is 2.18. The van der Waals surface area contributed by atoms with Crippen molar-refractivity contribution in [3.63, 3.8) is 0 Å². The van der Waals surface area contributed by atoms with Gasteiger partial charge in [-0.15, -0.1) is 0 Å². The fraction of sp³-hybridized carbons (Fsp3) is 0.333. The highest BCUT2D eigenvalue weighted by atomic mass is 32.2. The van der Waals surface area contributed by atoms with Gasteiger partial charge in [0.1, 0.15) is 0 Å². The molecule has 0 aliphatic heterocycles. The summed E-state index contributed by atoms with van der Waals surface area (Å²) >= 11 is 0. The van der Waals surface area contributed by atoms with Crippen LogP contribution in [0.4, 0.5) is 5.69 Å². The summed E-state index contributed by atoms with van der Waals surface area (Å²) in [5.41, 5.74) is 0.481. The van der Waals surface area contributed by atoms with Crippen LogP contribution in [0, 0.1) is 0 Å². The average molecular weight is 295 g/mol. The van der Waals surface area contributed by atoms with Crippen LogP contribution in [0.15, 0.2) is 42.1 Å². The largest absolute Gasteiger partial charge is 0.386 e. The number of sulfonamides is 1. The lowest BCUT2D eigenvalue weighted by Crippen LogP contribution is -2.27. The highest BCUT2D eigenvalue weighted by molar-refractivity contribution is 7.89. The maximum atomic E-state index is 12.1. The lowest BCUT2D eigenvalue weighted by atomic mass is 10.4. The number of rotatable bonds is 7. The Morgan fingerprint density at radius 2 is 2.20 bits per heavy atom. The van der Waals surface area contributed by atoms with Gasteiger partial charge in [-0.1, -0.05) is 0 Å². The Balaban J connectivity index is 1.94. The first-order chi connectivity index (χ1) is 9.63. The zero-order valence-corrected chi connectivity index (χ0v) is 12.0. The second-order valence-corrected chi connectivity index (χ2v) is 5.84. The Labute approximate surface area is 118 Å². The Morgan fingerprint density at radius 3 is 2.90 bits per heavy atom. The van der Waals surface area contributed by atoms with Gasteiger partial charge in [0.05, 0.1) is 12.0 Å². The van der Waals surface area contributed by atoms with E-state index in [1.807, 2.05) is 10.8 Å². The lowest BCUT2D eigenvalue weighted by molar-refractivity contribution is 0.567. The molecule has 0 aliphatic rings. The van der Waals surface area contributed by atoms with Gasteiger partial charge in [0.2, 0.25) is 0 Å². The van der Waals surface area contributed by atoms with Gasteiger partial charge >= 0.3 is 0 Å². The molecule has 2 rings (SSSR count). The molecule has 2 heterocycles. The number of imidazole rings is 1. The number of pyridine rings is 1. The Morgan fingerprint density at radius 1 is 1.35 bits per heavy atom. The summed E-state index contributed by atoms with van der Waals surface area (Å²) < 4.78 is 28.7. The predicted molar refractivity (Wildman–Crippen MR) is 75.8 cm³/mol. The molecule has 2 aromatic rings. The Kier molecular flexibility index (Phi) is 4.70. The second kappa shape index (κ2) is 6.49. The van der Waals surface area contributed by atoms with Gasteiger partial charge in [-0.2, -0.15) is 0 Å². The summed E-state index contributed by atoms with van der Waals surface area (Å²) in [7, 11) is -1.93. The minimum atomic E-state index is -3.59. The summed E-state index contributed by atoms with van der Waals surface area (Å²) in [4.78, 5) is 7.85. The van der Waals surface area contributed by atoms with E-state index >= 15 is 0 Å². The van der Waals surface area contributed by atoms with Crippen LogP contribution in [-0.4, -0.2) is 36.5 Å². The molecule has 8 heteroatoms. The first-order valence-corrected chi connectivity index (χ1v) is 7.70. The van der Waals surface area contributed by atoms with Crippen molar-refractivity contribution in [3.8, 4) is 0 Å². The molecule has 0 fully saturated rings. The van der Waals surface area contributed by atoms with Crippen LogP contribution in [-0.2, 0) is 16.6 Å². The zero-order valence-electron chi connectivity index (χ0n) is 11.2. The van der Waals surface area contributed by atoms with Crippen LogP contribution in [0.5, 0.6) is 0 Å². The van der Waals surface area contributed by atoms with E-state index in [9.17, 15) is 8.42 Å². The monoisotopic (exact) mass is 295 g/mol. The van der Waals surface area contributed by atoms with Gasteiger partial charge in [0, 0.05) is 38.7 Å². The number of aryl methyl sites for hydroxylation is 1. The van der Waals surface area contributed by atoms with Crippen molar-refractivity contribution in [3.05, 3.63) is 37.1 Å². The first-order valence-electron chi connectivity index (χ1n) is 6.21. The van der Waals surface area contributed by atoms with Crippen molar-refractivity contribution in [2.75, 3.05) is 18.9 Å². The third kappa shape index (κ3) is 3.55. The quantitative estimate of drug-likeness (QED) is 0.734. The molecule has 108 valence electrons. The molecular formula is C12H17N5O2S. The number of nitrogens with one attached hydrogen (secondary N) is 2. The topological polar surface area (TPSA) is 88.9 Å². The van der Waals surface area contributed by atoms with E-state index in [1.165, 1.54) is 6.20 Å². The molecule has 0 aromatic carbocycles.